The first-order chi connectivity index (χ1) is 6.18. The summed E-state index contributed by atoms with van der Waals surface area (Å²) in [6.45, 7) is 0. The number of nitrogen functional groups attached to an aromatic ring is 1. The summed E-state index contributed by atoms with van der Waals surface area (Å²) in [4.78, 5) is 4.17. The largest absolute Gasteiger partial charge is 0.384 e. The molecule has 0 aliphatic carbocycles. The standard InChI is InChI=1S/C8H11N5/c1-12-4-3-10-8(12)6-5-7(9)13(2)11-6/h3-5H,9H2,1-2H3. The average molecular weight is 177 g/mol. The SMILES string of the molecule is Cn1ccnc1-c1cc(N)n(C)n1. The third-order valence-corrected chi connectivity index (χ3v) is 1.97. The lowest BCUT2D eigenvalue weighted by Crippen LogP contribution is -1.97. The van der Waals surface area contributed by atoms with Gasteiger partial charge in [0.1, 0.15) is 11.5 Å². The summed E-state index contributed by atoms with van der Waals surface area (Å²) in [5.74, 6) is 1.46. The Hall–Kier alpha value is -1.78. The number of nitrogens with zero attached hydrogens (tertiary/aromatic N) is 4. The van der Waals surface area contributed by atoms with Gasteiger partial charge in [0.05, 0.1) is 0 Å². The normalized spacial score (nSPS) is 10.6. The van der Waals surface area contributed by atoms with Crippen LogP contribution in [0.1, 0.15) is 0 Å². The number of nitrogens with two attached hydrogens (primary N) is 1. The number of rotatable bonds is 1. The summed E-state index contributed by atoms with van der Waals surface area (Å²) in [6.07, 6.45) is 3.61. The monoisotopic (exact) mass is 177 g/mol. The third kappa shape index (κ3) is 1.18. The van der Waals surface area contributed by atoms with Gasteiger partial charge in [0.15, 0.2) is 5.82 Å². The molecule has 2 heterocycles. The zero-order valence-electron chi connectivity index (χ0n) is 7.60. The molecule has 0 saturated carbocycles. The van der Waals surface area contributed by atoms with Crippen molar-refractivity contribution in [3.05, 3.63) is 18.5 Å². The predicted molar refractivity (Wildman–Crippen MR) is 49.8 cm³/mol. The van der Waals surface area contributed by atoms with E-state index in [0.29, 0.717) is 5.82 Å². The van der Waals surface area contributed by atoms with Crippen LogP contribution in [0.2, 0.25) is 0 Å². The minimum absolute atomic E-state index is 0.637. The van der Waals surface area contributed by atoms with Crippen LogP contribution in [-0.2, 0) is 14.1 Å². The molecule has 2 N–H and O–H groups in total. The van der Waals surface area contributed by atoms with Gasteiger partial charge in [-0.15, -0.1) is 0 Å². The molecule has 0 radical (unpaired) electrons. The van der Waals surface area contributed by atoms with E-state index in [9.17, 15) is 0 Å². The van der Waals surface area contributed by atoms with Gasteiger partial charge in [-0.2, -0.15) is 5.10 Å². The van der Waals surface area contributed by atoms with Crippen molar-refractivity contribution >= 4 is 5.82 Å². The van der Waals surface area contributed by atoms with Crippen LogP contribution in [0.25, 0.3) is 11.5 Å². The van der Waals surface area contributed by atoms with Crippen molar-refractivity contribution in [2.75, 3.05) is 5.73 Å². The minimum atomic E-state index is 0.637. The minimum Gasteiger partial charge on any atom is -0.384 e. The van der Waals surface area contributed by atoms with Gasteiger partial charge >= 0.3 is 0 Å². The molecule has 0 aliphatic rings. The quantitative estimate of drug-likeness (QED) is 0.686. The number of hydrogen-bond donors (Lipinski definition) is 1. The number of aromatic nitrogens is 4. The van der Waals surface area contributed by atoms with Crippen LogP contribution in [0.4, 0.5) is 5.82 Å². The summed E-state index contributed by atoms with van der Waals surface area (Å²) >= 11 is 0. The second kappa shape index (κ2) is 2.62. The van der Waals surface area contributed by atoms with Crippen molar-refractivity contribution in [1.82, 2.24) is 19.3 Å². The molecule has 2 aromatic heterocycles. The molecule has 13 heavy (non-hydrogen) atoms. The first-order valence-corrected chi connectivity index (χ1v) is 3.95. The Kier molecular flexibility index (Phi) is 1.58. The molecular weight excluding hydrogens is 166 g/mol. The summed E-state index contributed by atoms with van der Waals surface area (Å²) in [5, 5.41) is 4.22. The fourth-order valence-corrected chi connectivity index (χ4v) is 1.20. The highest BCUT2D eigenvalue weighted by Gasteiger charge is 2.08. The van der Waals surface area contributed by atoms with E-state index in [-0.39, 0.29) is 0 Å². The highest BCUT2D eigenvalue weighted by Crippen LogP contribution is 2.16. The molecule has 0 fully saturated rings. The highest BCUT2D eigenvalue weighted by molar-refractivity contribution is 5.54. The van der Waals surface area contributed by atoms with Gasteiger partial charge in [-0.25, -0.2) is 4.98 Å². The van der Waals surface area contributed by atoms with Gasteiger partial charge in [0, 0.05) is 32.6 Å². The molecule has 0 atom stereocenters. The molecule has 0 unspecified atom stereocenters. The van der Waals surface area contributed by atoms with Gasteiger partial charge in [0.2, 0.25) is 0 Å². The lowest BCUT2D eigenvalue weighted by Gasteiger charge is -1.95. The topological polar surface area (TPSA) is 61.7 Å². The van der Waals surface area contributed by atoms with E-state index in [1.165, 1.54) is 0 Å². The number of hydrogen-bond acceptors (Lipinski definition) is 3. The maximum absolute atomic E-state index is 5.66. The van der Waals surface area contributed by atoms with Crippen molar-refractivity contribution in [2.45, 2.75) is 0 Å². The number of imidazole rings is 1. The van der Waals surface area contributed by atoms with E-state index in [1.807, 2.05) is 30.9 Å². The molecule has 68 valence electrons. The highest BCUT2D eigenvalue weighted by atomic mass is 15.3. The third-order valence-electron chi connectivity index (χ3n) is 1.97. The maximum atomic E-state index is 5.66. The summed E-state index contributed by atoms with van der Waals surface area (Å²) in [5.41, 5.74) is 6.46. The molecule has 0 saturated heterocycles. The average Bonchev–Trinajstić information content (AvgIpc) is 2.60. The van der Waals surface area contributed by atoms with Gasteiger partial charge in [0.25, 0.3) is 0 Å². The van der Waals surface area contributed by atoms with Crippen molar-refractivity contribution in [1.29, 1.82) is 0 Å². The van der Waals surface area contributed by atoms with Gasteiger partial charge in [-0.3, -0.25) is 4.68 Å². The van der Waals surface area contributed by atoms with Crippen LogP contribution in [0.5, 0.6) is 0 Å². The number of anilines is 1. The molecular formula is C8H11N5. The van der Waals surface area contributed by atoms with E-state index in [1.54, 1.807) is 10.9 Å². The van der Waals surface area contributed by atoms with Crippen LogP contribution >= 0.6 is 0 Å². The number of aryl methyl sites for hydroxylation is 2. The van der Waals surface area contributed by atoms with Crippen molar-refractivity contribution < 1.29 is 0 Å². The van der Waals surface area contributed by atoms with E-state index in [0.717, 1.165) is 11.5 Å². The zero-order chi connectivity index (χ0) is 9.42. The van der Waals surface area contributed by atoms with Crippen molar-refractivity contribution in [3.63, 3.8) is 0 Å². The van der Waals surface area contributed by atoms with Crippen LogP contribution < -0.4 is 5.73 Å². The molecule has 5 heteroatoms. The molecule has 0 aliphatic heterocycles. The fourth-order valence-electron chi connectivity index (χ4n) is 1.20. The summed E-state index contributed by atoms with van der Waals surface area (Å²) < 4.78 is 3.53. The first-order valence-electron chi connectivity index (χ1n) is 3.95. The van der Waals surface area contributed by atoms with Crippen LogP contribution in [0, 0.1) is 0 Å². The molecule has 2 rings (SSSR count). The lowest BCUT2D eigenvalue weighted by molar-refractivity contribution is 0.776. The Balaban J connectivity index is 2.53. The van der Waals surface area contributed by atoms with Crippen LogP contribution in [0.3, 0.4) is 0 Å². The molecule has 0 amide bonds. The second-order valence-corrected chi connectivity index (χ2v) is 2.94. The van der Waals surface area contributed by atoms with Crippen LogP contribution in [0.15, 0.2) is 18.5 Å². The Morgan fingerprint density at radius 3 is 2.62 bits per heavy atom. The van der Waals surface area contributed by atoms with Crippen molar-refractivity contribution in [3.8, 4) is 11.5 Å². The van der Waals surface area contributed by atoms with E-state index < -0.39 is 0 Å². The predicted octanol–water partition coefficient (Wildman–Crippen LogP) is 0.403. The smallest absolute Gasteiger partial charge is 0.160 e. The van der Waals surface area contributed by atoms with Gasteiger partial charge < -0.3 is 10.3 Å². The Bertz CT molecular complexity index is 406. The molecule has 0 aromatic carbocycles. The Morgan fingerprint density at radius 1 is 1.38 bits per heavy atom. The second-order valence-electron chi connectivity index (χ2n) is 2.94. The Labute approximate surface area is 75.8 Å². The van der Waals surface area contributed by atoms with Gasteiger partial charge in [-0.05, 0) is 0 Å². The van der Waals surface area contributed by atoms with E-state index in [4.69, 9.17) is 5.73 Å². The van der Waals surface area contributed by atoms with Crippen LogP contribution in [-0.4, -0.2) is 19.3 Å². The summed E-state index contributed by atoms with van der Waals surface area (Å²) in [7, 11) is 3.73. The molecule has 5 nitrogen and oxygen atoms in total. The maximum Gasteiger partial charge on any atom is 0.160 e. The molecule has 2 aromatic rings. The first kappa shape index (κ1) is 7.85. The van der Waals surface area contributed by atoms with E-state index >= 15 is 0 Å². The molecule has 0 bridgehead atoms. The lowest BCUT2D eigenvalue weighted by atomic mass is 10.4. The fraction of sp³-hybridized carbons (Fsp3) is 0.250. The molecule has 0 spiro atoms. The van der Waals surface area contributed by atoms with Gasteiger partial charge in [-0.1, -0.05) is 0 Å². The van der Waals surface area contributed by atoms with Crippen molar-refractivity contribution in [2.24, 2.45) is 14.1 Å². The summed E-state index contributed by atoms with van der Waals surface area (Å²) in [6, 6.07) is 1.81. The zero-order valence-corrected chi connectivity index (χ0v) is 7.60. The van der Waals surface area contributed by atoms with E-state index in [2.05, 4.69) is 10.1 Å². The Morgan fingerprint density at radius 2 is 2.15 bits per heavy atom.